The summed E-state index contributed by atoms with van der Waals surface area (Å²) >= 11 is 0. The number of rotatable bonds is 8. The summed E-state index contributed by atoms with van der Waals surface area (Å²) in [6.07, 6.45) is 3.21. The van der Waals surface area contributed by atoms with Crippen molar-refractivity contribution in [2.45, 2.75) is 18.9 Å². The van der Waals surface area contributed by atoms with Crippen molar-refractivity contribution in [2.24, 2.45) is 7.05 Å². The molecule has 186 valence electrons. The number of aryl methyl sites for hydroxylation is 1. The highest BCUT2D eigenvalue weighted by molar-refractivity contribution is 5.71. The Morgan fingerprint density at radius 3 is 2.49 bits per heavy atom. The van der Waals surface area contributed by atoms with Crippen LogP contribution in [0.15, 0.2) is 51.9 Å². The van der Waals surface area contributed by atoms with Crippen molar-refractivity contribution in [3.63, 3.8) is 0 Å². The van der Waals surface area contributed by atoms with Crippen LogP contribution in [0.25, 0.3) is 0 Å². The molecule has 35 heavy (non-hydrogen) atoms. The summed E-state index contributed by atoms with van der Waals surface area (Å²) in [4.78, 5) is 29.2. The van der Waals surface area contributed by atoms with Crippen LogP contribution in [-0.2, 0) is 23.1 Å². The van der Waals surface area contributed by atoms with Gasteiger partial charge in [-0.3, -0.25) is 19.2 Å². The molecule has 1 aliphatic heterocycles. The minimum absolute atomic E-state index is 0.0442. The van der Waals surface area contributed by atoms with Crippen LogP contribution >= 0.6 is 0 Å². The Morgan fingerprint density at radius 1 is 1.17 bits per heavy atom. The quantitative estimate of drug-likeness (QED) is 0.483. The Hall–Kier alpha value is -3.79. The number of hydrogen-bond acceptors (Lipinski definition) is 9. The maximum Gasteiger partial charge on any atom is 0.306 e. The van der Waals surface area contributed by atoms with E-state index < -0.39 is 23.1 Å². The van der Waals surface area contributed by atoms with Gasteiger partial charge in [-0.1, -0.05) is 0 Å². The second-order valence-electron chi connectivity index (χ2n) is 8.53. The van der Waals surface area contributed by atoms with E-state index in [0.717, 1.165) is 37.6 Å². The van der Waals surface area contributed by atoms with E-state index in [2.05, 4.69) is 14.9 Å². The van der Waals surface area contributed by atoms with E-state index in [4.69, 9.17) is 13.9 Å². The van der Waals surface area contributed by atoms with Crippen LogP contribution in [0.5, 0.6) is 11.5 Å². The van der Waals surface area contributed by atoms with Crippen molar-refractivity contribution < 1.29 is 23.8 Å². The zero-order valence-corrected chi connectivity index (χ0v) is 20.1. The molecule has 0 amide bonds. The van der Waals surface area contributed by atoms with Crippen LogP contribution < -0.4 is 15.1 Å². The number of carbonyl (C=O) groups is 1. The zero-order valence-electron chi connectivity index (χ0n) is 20.1. The van der Waals surface area contributed by atoms with Crippen LogP contribution in [-0.4, -0.2) is 66.2 Å². The van der Waals surface area contributed by atoms with Gasteiger partial charge in [0.1, 0.15) is 11.5 Å². The molecular weight excluding hydrogens is 452 g/mol. The Balaban J connectivity index is 1.50. The number of esters is 1. The van der Waals surface area contributed by atoms with Crippen molar-refractivity contribution in [3.8, 4) is 11.5 Å². The second kappa shape index (κ2) is 10.6. The third-order valence-electron chi connectivity index (χ3n) is 6.23. The van der Waals surface area contributed by atoms with Gasteiger partial charge in [-0.2, -0.15) is 5.10 Å². The molecule has 0 radical (unpaired) electrons. The first kappa shape index (κ1) is 24.3. The normalized spacial score (nSPS) is 15.1. The smallest absolute Gasteiger partial charge is 0.306 e. The number of ether oxygens (including phenoxy) is 2. The molecule has 0 bridgehead atoms. The summed E-state index contributed by atoms with van der Waals surface area (Å²) in [5.41, 5.74) is 1.23. The first-order valence-corrected chi connectivity index (χ1v) is 11.4. The molecule has 2 aromatic heterocycles. The molecule has 4 rings (SSSR count). The number of hydrogen-bond donors (Lipinski definition) is 1. The lowest BCUT2D eigenvalue weighted by Crippen LogP contribution is -2.46. The first-order chi connectivity index (χ1) is 16.9. The fourth-order valence-electron chi connectivity index (χ4n) is 4.28. The van der Waals surface area contributed by atoms with Crippen LogP contribution in [0.2, 0.25) is 0 Å². The summed E-state index contributed by atoms with van der Waals surface area (Å²) in [6, 6.07) is 9.29. The molecule has 10 heteroatoms. The summed E-state index contributed by atoms with van der Waals surface area (Å²) in [5.74, 6) is -0.392. The predicted molar refractivity (Wildman–Crippen MR) is 129 cm³/mol. The van der Waals surface area contributed by atoms with Gasteiger partial charge in [-0.05, 0) is 24.3 Å². The minimum Gasteiger partial charge on any atom is -0.502 e. The SMILES string of the molecule is COC(=O)CC(c1cnn(C)c1)c1oc(CN2CCN(c3ccc(OC)cc3)CC2)cc(=O)c1O. The maximum absolute atomic E-state index is 12.6. The van der Waals surface area contributed by atoms with E-state index in [0.29, 0.717) is 17.9 Å². The van der Waals surface area contributed by atoms with Gasteiger partial charge < -0.3 is 23.9 Å². The number of piperazine rings is 1. The van der Waals surface area contributed by atoms with E-state index >= 15 is 0 Å². The molecule has 1 unspecified atom stereocenters. The number of benzene rings is 1. The van der Waals surface area contributed by atoms with Crippen molar-refractivity contribution in [1.82, 2.24) is 14.7 Å². The molecule has 1 aliphatic rings. The Bertz CT molecular complexity index is 1210. The highest BCUT2D eigenvalue weighted by Crippen LogP contribution is 2.33. The molecule has 1 aromatic carbocycles. The van der Waals surface area contributed by atoms with Gasteiger partial charge >= 0.3 is 5.97 Å². The summed E-state index contributed by atoms with van der Waals surface area (Å²) in [7, 11) is 4.69. The standard InChI is InChI=1S/C25H30N4O6/c1-27-15-17(14-26-27)21(13-23(31)34-3)25-24(32)22(30)12-20(35-25)16-28-8-10-29(11-9-28)18-4-6-19(33-2)7-5-18/h4-7,12,14-15,21,32H,8-11,13,16H2,1-3H3. The van der Waals surface area contributed by atoms with Crippen molar-refractivity contribution >= 4 is 11.7 Å². The molecule has 3 heterocycles. The summed E-state index contributed by atoms with van der Waals surface area (Å²) < 4.78 is 17.7. The van der Waals surface area contributed by atoms with E-state index in [1.54, 1.807) is 31.2 Å². The average molecular weight is 483 g/mol. The number of methoxy groups -OCH3 is 2. The molecule has 1 saturated heterocycles. The van der Waals surface area contributed by atoms with Crippen molar-refractivity contribution in [2.75, 3.05) is 45.3 Å². The minimum atomic E-state index is -0.698. The number of aromatic nitrogens is 2. The maximum atomic E-state index is 12.6. The molecule has 0 aliphatic carbocycles. The lowest BCUT2D eigenvalue weighted by Gasteiger charge is -2.36. The van der Waals surface area contributed by atoms with Gasteiger partial charge in [0.25, 0.3) is 0 Å². The molecule has 1 atom stereocenters. The van der Waals surface area contributed by atoms with E-state index in [9.17, 15) is 14.7 Å². The first-order valence-electron chi connectivity index (χ1n) is 11.4. The van der Waals surface area contributed by atoms with E-state index in [1.807, 2.05) is 24.3 Å². The van der Waals surface area contributed by atoms with E-state index in [-0.39, 0.29) is 12.2 Å². The van der Waals surface area contributed by atoms with Gasteiger partial charge in [-0.25, -0.2) is 0 Å². The predicted octanol–water partition coefficient (Wildman–Crippen LogP) is 2.10. The number of anilines is 1. The van der Waals surface area contributed by atoms with Crippen molar-refractivity contribution in [3.05, 3.63) is 70.0 Å². The van der Waals surface area contributed by atoms with Crippen LogP contribution in [0.4, 0.5) is 5.69 Å². The monoisotopic (exact) mass is 482 g/mol. The van der Waals surface area contributed by atoms with Gasteiger partial charge in [0.15, 0.2) is 5.76 Å². The van der Waals surface area contributed by atoms with Crippen molar-refractivity contribution in [1.29, 1.82) is 0 Å². The summed E-state index contributed by atoms with van der Waals surface area (Å²) in [5, 5.41) is 14.7. The molecule has 3 aromatic rings. The Morgan fingerprint density at radius 2 is 1.89 bits per heavy atom. The Kier molecular flexibility index (Phi) is 7.40. The fraction of sp³-hybridized carbons (Fsp3) is 0.400. The molecular formula is C25H30N4O6. The molecule has 0 saturated carbocycles. The molecule has 1 fully saturated rings. The fourth-order valence-corrected chi connectivity index (χ4v) is 4.28. The van der Waals surface area contributed by atoms with Gasteiger partial charge in [0.05, 0.1) is 39.3 Å². The lowest BCUT2D eigenvalue weighted by molar-refractivity contribution is -0.140. The average Bonchev–Trinajstić information content (AvgIpc) is 3.31. The molecule has 0 spiro atoms. The topological polar surface area (TPSA) is 110 Å². The number of carbonyl (C=O) groups excluding carboxylic acids is 1. The molecule has 1 N–H and O–H groups in total. The number of aromatic hydroxyl groups is 1. The second-order valence-corrected chi connectivity index (χ2v) is 8.53. The summed E-state index contributed by atoms with van der Waals surface area (Å²) in [6.45, 7) is 3.61. The highest BCUT2D eigenvalue weighted by Gasteiger charge is 2.28. The largest absolute Gasteiger partial charge is 0.502 e. The number of nitrogens with zero attached hydrogens (tertiary/aromatic N) is 4. The third kappa shape index (κ3) is 5.65. The van der Waals surface area contributed by atoms with Crippen LogP contribution in [0.1, 0.15) is 29.4 Å². The molecule has 10 nitrogen and oxygen atoms in total. The van der Waals surface area contributed by atoms with Crippen LogP contribution in [0.3, 0.4) is 0 Å². The zero-order chi connectivity index (χ0) is 24.9. The lowest BCUT2D eigenvalue weighted by atomic mass is 9.94. The highest BCUT2D eigenvalue weighted by atomic mass is 16.5. The van der Waals surface area contributed by atoms with E-state index in [1.165, 1.54) is 13.2 Å². The van der Waals surface area contributed by atoms with Gasteiger partial charge in [0.2, 0.25) is 11.2 Å². The Labute approximate surface area is 203 Å². The third-order valence-corrected chi connectivity index (χ3v) is 6.23. The van der Waals surface area contributed by atoms with Gasteiger partial charge in [0, 0.05) is 56.7 Å². The van der Waals surface area contributed by atoms with Crippen LogP contribution in [0, 0.1) is 0 Å². The van der Waals surface area contributed by atoms with Gasteiger partial charge in [-0.15, -0.1) is 0 Å².